The Bertz CT molecular complexity index is 491. The monoisotopic (exact) mass is 233 g/mol. The van der Waals surface area contributed by atoms with Crippen LogP contribution in [0.5, 0.6) is 0 Å². The van der Waals surface area contributed by atoms with Crippen molar-refractivity contribution < 1.29 is 9.72 Å². The van der Waals surface area contributed by atoms with Gasteiger partial charge in [0, 0.05) is 12.6 Å². The number of hydrogen-bond donors (Lipinski definition) is 1. The SMILES string of the molecule is Cc1ccc([N+](=O)[O-])c(C(=O)NCCC#N)c1. The predicted molar refractivity (Wildman–Crippen MR) is 60.4 cm³/mol. The van der Waals surface area contributed by atoms with Crippen molar-refractivity contribution in [1.29, 1.82) is 5.26 Å². The van der Waals surface area contributed by atoms with Crippen LogP contribution in [-0.2, 0) is 0 Å². The number of nitrogens with zero attached hydrogens (tertiary/aromatic N) is 2. The molecule has 0 aliphatic rings. The second-order valence-electron chi connectivity index (χ2n) is 3.44. The molecule has 0 atom stereocenters. The van der Waals surface area contributed by atoms with Gasteiger partial charge in [-0.15, -0.1) is 0 Å². The Labute approximate surface area is 98.0 Å². The van der Waals surface area contributed by atoms with E-state index in [-0.39, 0.29) is 24.2 Å². The lowest BCUT2D eigenvalue weighted by Gasteiger charge is -2.04. The van der Waals surface area contributed by atoms with Crippen LogP contribution >= 0.6 is 0 Å². The lowest BCUT2D eigenvalue weighted by molar-refractivity contribution is -0.385. The van der Waals surface area contributed by atoms with Gasteiger partial charge in [0.15, 0.2) is 0 Å². The first-order chi connectivity index (χ1) is 8.06. The first-order valence-corrected chi connectivity index (χ1v) is 4.96. The zero-order valence-corrected chi connectivity index (χ0v) is 9.27. The number of benzene rings is 1. The maximum atomic E-state index is 11.7. The quantitative estimate of drug-likeness (QED) is 0.484. The molecule has 0 heterocycles. The summed E-state index contributed by atoms with van der Waals surface area (Å²) in [6, 6.07) is 6.21. The fourth-order valence-electron chi connectivity index (χ4n) is 1.32. The van der Waals surface area contributed by atoms with Gasteiger partial charge in [-0.3, -0.25) is 14.9 Å². The van der Waals surface area contributed by atoms with Crippen molar-refractivity contribution in [3.63, 3.8) is 0 Å². The maximum absolute atomic E-state index is 11.7. The Morgan fingerprint density at radius 1 is 1.59 bits per heavy atom. The molecule has 1 amide bonds. The molecule has 1 rings (SSSR count). The van der Waals surface area contributed by atoms with Gasteiger partial charge in [-0.1, -0.05) is 6.07 Å². The molecule has 0 aromatic heterocycles. The highest BCUT2D eigenvalue weighted by Crippen LogP contribution is 2.19. The molecule has 0 saturated heterocycles. The van der Waals surface area contributed by atoms with E-state index in [1.807, 2.05) is 6.07 Å². The van der Waals surface area contributed by atoms with Crippen molar-refractivity contribution in [3.8, 4) is 6.07 Å². The van der Waals surface area contributed by atoms with E-state index in [0.29, 0.717) is 0 Å². The summed E-state index contributed by atoms with van der Waals surface area (Å²) in [5, 5.41) is 21.5. The number of amides is 1. The van der Waals surface area contributed by atoms with E-state index in [4.69, 9.17) is 5.26 Å². The molecule has 0 aliphatic carbocycles. The van der Waals surface area contributed by atoms with Crippen LogP contribution in [0.3, 0.4) is 0 Å². The number of nitro groups is 1. The van der Waals surface area contributed by atoms with Crippen LogP contribution in [0.4, 0.5) is 5.69 Å². The molecule has 1 aromatic rings. The van der Waals surface area contributed by atoms with Crippen molar-refractivity contribution in [2.24, 2.45) is 0 Å². The second kappa shape index (κ2) is 5.61. The van der Waals surface area contributed by atoms with Gasteiger partial charge in [0.05, 0.1) is 17.4 Å². The third kappa shape index (κ3) is 3.28. The van der Waals surface area contributed by atoms with Crippen LogP contribution in [0, 0.1) is 28.4 Å². The minimum absolute atomic E-state index is 0.0212. The molecule has 0 saturated carbocycles. The fourth-order valence-corrected chi connectivity index (χ4v) is 1.32. The van der Waals surface area contributed by atoms with Crippen molar-refractivity contribution in [3.05, 3.63) is 39.4 Å². The lowest BCUT2D eigenvalue weighted by Crippen LogP contribution is -2.25. The molecule has 0 unspecified atom stereocenters. The lowest BCUT2D eigenvalue weighted by atomic mass is 10.1. The number of rotatable bonds is 4. The van der Waals surface area contributed by atoms with Crippen molar-refractivity contribution in [1.82, 2.24) is 5.32 Å². The molecule has 0 radical (unpaired) electrons. The molecule has 0 bridgehead atoms. The average Bonchev–Trinajstić information content (AvgIpc) is 2.28. The van der Waals surface area contributed by atoms with Crippen LogP contribution in [0.15, 0.2) is 18.2 Å². The summed E-state index contributed by atoms with van der Waals surface area (Å²) in [7, 11) is 0. The zero-order chi connectivity index (χ0) is 12.8. The van der Waals surface area contributed by atoms with Crippen LogP contribution in [0.25, 0.3) is 0 Å². The Kier molecular flexibility index (Phi) is 4.17. The van der Waals surface area contributed by atoms with E-state index in [1.54, 1.807) is 13.0 Å². The van der Waals surface area contributed by atoms with E-state index in [9.17, 15) is 14.9 Å². The van der Waals surface area contributed by atoms with Gasteiger partial charge in [-0.25, -0.2) is 0 Å². The summed E-state index contributed by atoms with van der Waals surface area (Å²) in [6.07, 6.45) is 0.172. The zero-order valence-electron chi connectivity index (χ0n) is 9.27. The molecule has 0 spiro atoms. The fraction of sp³-hybridized carbons (Fsp3) is 0.273. The number of hydrogen-bond acceptors (Lipinski definition) is 4. The smallest absolute Gasteiger partial charge is 0.282 e. The molecule has 1 aromatic carbocycles. The van der Waals surface area contributed by atoms with Crippen molar-refractivity contribution in [2.75, 3.05) is 6.54 Å². The Morgan fingerprint density at radius 2 is 2.29 bits per heavy atom. The summed E-state index contributed by atoms with van der Waals surface area (Å²) < 4.78 is 0. The third-order valence-electron chi connectivity index (χ3n) is 2.12. The Morgan fingerprint density at radius 3 is 2.88 bits per heavy atom. The van der Waals surface area contributed by atoms with E-state index in [1.165, 1.54) is 12.1 Å². The summed E-state index contributed by atoms with van der Waals surface area (Å²) in [6.45, 7) is 1.93. The van der Waals surface area contributed by atoms with Gasteiger partial charge in [0.1, 0.15) is 5.56 Å². The second-order valence-corrected chi connectivity index (χ2v) is 3.44. The standard InChI is InChI=1S/C11H11N3O3/c1-8-3-4-10(14(16)17)9(7-8)11(15)13-6-2-5-12/h3-4,7H,2,6H2,1H3,(H,13,15). The minimum Gasteiger partial charge on any atom is -0.351 e. The Balaban J connectivity index is 2.95. The normalized spacial score (nSPS) is 9.41. The summed E-state index contributed by atoms with van der Waals surface area (Å²) in [4.78, 5) is 21.8. The first kappa shape index (κ1) is 12.6. The number of nitriles is 1. The van der Waals surface area contributed by atoms with Crippen LogP contribution in [-0.4, -0.2) is 17.4 Å². The number of carbonyl (C=O) groups excluding carboxylic acids is 1. The molecule has 88 valence electrons. The van der Waals surface area contributed by atoms with E-state index >= 15 is 0 Å². The average molecular weight is 233 g/mol. The van der Waals surface area contributed by atoms with Crippen molar-refractivity contribution in [2.45, 2.75) is 13.3 Å². The molecule has 6 heteroatoms. The van der Waals surface area contributed by atoms with Crippen LogP contribution in [0.2, 0.25) is 0 Å². The third-order valence-corrected chi connectivity index (χ3v) is 2.12. The molecule has 0 fully saturated rings. The molecule has 6 nitrogen and oxygen atoms in total. The maximum Gasteiger partial charge on any atom is 0.282 e. The van der Waals surface area contributed by atoms with Crippen LogP contribution in [0.1, 0.15) is 22.3 Å². The largest absolute Gasteiger partial charge is 0.351 e. The van der Waals surface area contributed by atoms with Gasteiger partial charge in [-0.2, -0.15) is 5.26 Å². The number of nitro benzene ring substituents is 1. The molecular formula is C11H11N3O3. The summed E-state index contributed by atoms with van der Waals surface area (Å²) in [5.41, 5.74) is 0.555. The minimum atomic E-state index is -0.599. The van der Waals surface area contributed by atoms with Gasteiger partial charge in [0.25, 0.3) is 11.6 Å². The first-order valence-electron chi connectivity index (χ1n) is 4.96. The summed E-state index contributed by atoms with van der Waals surface area (Å²) >= 11 is 0. The van der Waals surface area contributed by atoms with Gasteiger partial charge < -0.3 is 5.32 Å². The number of aryl methyl sites for hydroxylation is 1. The van der Waals surface area contributed by atoms with E-state index < -0.39 is 10.8 Å². The highest BCUT2D eigenvalue weighted by molar-refractivity contribution is 5.98. The highest BCUT2D eigenvalue weighted by atomic mass is 16.6. The predicted octanol–water partition coefficient (Wildman–Crippen LogP) is 1.55. The Hall–Kier alpha value is -2.42. The van der Waals surface area contributed by atoms with Crippen LogP contribution < -0.4 is 5.32 Å². The van der Waals surface area contributed by atoms with E-state index in [0.717, 1.165) is 5.56 Å². The number of carbonyl (C=O) groups is 1. The van der Waals surface area contributed by atoms with Crippen molar-refractivity contribution >= 4 is 11.6 Å². The highest BCUT2D eigenvalue weighted by Gasteiger charge is 2.19. The molecule has 0 aliphatic heterocycles. The van der Waals surface area contributed by atoms with E-state index in [2.05, 4.69) is 5.32 Å². The molecule has 1 N–H and O–H groups in total. The van der Waals surface area contributed by atoms with Gasteiger partial charge >= 0.3 is 0 Å². The molecule has 17 heavy (non-hydrogen) atoms. The summed E-state index contributed by atoms with van der Waals surface area (Å²) in [5.74, 6) is -0.532. The molecular weight excluding hydrogens is 222 g/mol. The topological polar surface area (TPSA) is 96.0 Å². The van der Waals surface area contributed by atoms with Gasteiger partial charge in [0.2, 0.25) is 0 Å². The van der Waals surface area contributed by atoms with Gasteiger partial charge in [-0.05, 0) is 18.6 Å². The number of nitrogens with one attached hydrogen (secondary N) is 1.